The van der Waals surface area contributed by atoms with Crippen molar-refractivity contribution < 1.29 is 14.4 Å². The highest BCUT2D eigenvalue weighted by Gasteiger charge is 2.45. The summed E-state index contributed by atoms with van der Waals surface area (Å²) in [7, 11) is 0. The maximum Gasteiger partial charge on any atom is 0.254 e. The Bertz CT molecular complexity index is 322. The van der Waals surface area contributed by atoms with Crippen LogP contribution in [0.1, 0.15) is 32.1 Å². The number of carbonyl (C=O) groups is 2. The Morgan fingerprint density at radius 2 is 1.60 bits per heavy atom. The van der Waals surface area contributed by atoms with E-state index in [4.69, 9.17) is 0 Å². The molecule has 0 aromatic rings. The predicted molar refractivity (Wildman–Crippen MR) is 52.5 cm³/mol. The van der Waals surface area contributed by atoms with Crippen molar-refractivity contribution in [2.45, 2.75) is 37.6 Å². The van der Waals surface area contributed by atoms with Crippen LogP contribution < -0.4 is 0 Å². The normalized spacial score (nSPS) is 24.7. The van der Waals surface area contributed by atoms with Crippen LogP contribution in [0.3, 0.4) is 0 Å². The SMILES string of the molecule is O=[C]C1(N2C(=O)C=CC2=O)CCCCC1. The summed E-state index contributed by atoms with van der Waals surface area (Å²) in [6.07, 6.45) is 8.24. The molecule has 0 spiro atoms. The van der Waals surface area contributed by atoms with Gasteiger partial charge in [0.1, 0.15) is 5.54 Å². The topological polar surface area (TPSA) is 54.5 Å². The molecule has 0 atom stereocenters. The summed E-state index contributed by atoms with van der Waals surface area (Å²) in [6.45, 7) is 0. The second kappa shape index (κ2) is 3.61. The van der Waals surface area contributed by atoms with Crippen molar-refractivity contribution in [3.63, 3.8) is 0 Å². The molecular formula is C11H12NO3. The highest BCUT2D eigenvalue weighted by Crippen LogP contribution is 2.33. The van der Waals surface area contributed by atoms with E-state index in [9.17, 15) is 14.4 Å². The van der Waals surface area contributed by atoms with Crippen LogP contribution in [0.25, 0.3) is 0 Å². The van der Waals surface area contributed by atoms with Gasteiger partial charge in [0, 0.05) is 12.2 Å². The third-order valence-corrected chi connectivity index (χ3v) is 3.11. The van der Waals surface area contributed by atoms with Gasteiger partial charge in [0.15, 0.2) is 0 Å². The minimum atomic E-state index is -0.990. The Balaban J connectivity index is 2.29. The van der Waals surface area contributed by atoms with Gasteiger partial charge in [-0.05, 0) is 12.8 Å². The van der Waals surface area contributed by atoms with E-state index in [2.05, 4.69) is 0 Å². The molecule has 0 N–H and O–H groups in total. The van der Waals surface area contributed by atoms with E-state index in [1.54, 1.807) is 0 Å². The molecule has 1 aliphatic carbocycles. The lowest BCUT2D eigenvalue weighted by molar-refractivity contribution is -0.142. The zero-order chi connectivity index (χ0) is 10.9. The fourth-order valence-corrected chi connectivity index (χ4v) is 2.33. The van der Waals surface area contributed by atoms with Gasteiger partial charge < -0.3 is 0 Å². The molecule has 0 aromatic heterocycles. The highest BCUT2D eigenvalue weighted by molar-refractivity contribution is 6.15. The van der Waals surface area contributed by atoms with Gasteiger partial charge in [0.2, 0.25) is 6.29 Å². The van der Waals surface area contributed by atoms with Crippen molar-refractivity contribution in [3.8, 4) is 0 Å². The lowest BCUT2D eigenvalue weighted by Crippen LogP contribution is -2.54. The highest BCUT2D eigenvalue weighted by atomic mass is 16.2. The van der Waals surface area contributed by atoms with E-state index in [-0.39, 0.29) is 11.8 Å². The Hall–Kier alpha value is -1.45. The molecule has 0 bridgehead atoms. The van der Waals surface area contributed by atoms with Crippen molar-refractivity contribution in [1.29, 1.82) is 0 Å². The Labute approximate surface area is 87.9 Å². The van der Waals surface area contributed by atoms with Gasteiger partial charge in [0.25, 0.3) is 11.8 Å². The van der Waals surface area contributed by atoms with Crippen molar-refractivity contribution in [3.05, 3.63) is 12.2 Å². The fourth-order valence-electron chi connectivity index (χ4n) is 2.33. The number of hydrogen-bond acceptors (Lipinski definition) is 3. The van der Waals surface area contributed by atoms with E-state index in [1.165, 1.54) is 12.2 Å². The monoisotopic (exact) mass is 206 g/mol. The molecule has 4 nitrogen and oxygen atoms in total. The zero-order valence-corrected chi connectivity index (χ0v) is 8.36. The van der Waals surface area contributed by atoms with Crippen molar-refractivity contribution in [1.82, 2.24) is 4.90 Å². The first-order valence-corrected chi connectivity index (χ1v) is 5.15. The molecule has 2 amide bonds. The summed E-state index contributed by atoms with van der Waals surface area (Å²) < 4.78 is 0. The Morgan fingerprint density at radius 3 is 2.07 bits per heavy atom. The molecule has 1 saturated carbocycles. The predicted octanol–water partition coefficient (Wildman–Crippen LogP) is 0.724. The average Bonchev–Trinajstić information content (AvgIpc) is 2.60. The molecule has 1 fully saturated rings. The van der Waals surface area contributed by atoms with Crippen LogP contribution in [-0.2, 0) is 14.4 Å². The van der Waals surface area contributed by atoms with E-state index < -0.39 is 5.54 Å². The standard InChI is InChI=1S/C11H12NO3/c13-8-11(6-2-1-3-7-11)12-9(14)4-5-10(12)15/h4-5H,1-3,6-7H2. The first-order chi connectivity index (χ1) is 7.19. The lowest BCUT2D eigenvalue weighted by atomic mass is 9.81. The molecule has 0 aromatic carbocycles. The minimum Gasteiger partial charge on any atom is -0.288 e. The van der Waals surface area contributed by atoms with Gasteiger partial charge >= 0.3 is 0 Å². The van der Waals surface area contributed by atoms with Gasteiger partial charge in [-0.2, -0.15) is 0 Å². The maximum absolute atomic E-state index is 11.5. The van der Waals surface area contributed by atoms with E-state index in [0.29, 0.717) is 12.8 Å². The van der Waals surface area contributed by atoms with Gasteiger partial charge in [0.05, 0.1) is 0 Å². The molecule has 79 valence electrons. The molecule has 4 heteroatoms. The van der Waals surface area contributed by atoms with E-state index in [1.807, 2.05) is 6.29 Å². The fraction of sp³-hybridized carbons (Fsp3) is 0.545. The smallest absolute Gasteiger partial charge is 0.254 e. The first kappa shape index (κ1) is 10.1. The number of amides is 2. The number of hydrogen-bond donors (Lipinski definition) is 0. The third-order valence-electron chi connectivity index (χ3n) is 3.11. The van der Waals surface area contributed by atoms with Gasteiger partial charge in [-0.25, -0.2) is 0 Å². The zero-order valence-electron chi connectivity index (χ0n) is 8.36. The summed E-state index contributed by atoms with van der Waals surface area (Å²) in [4.78, 5) is 35.1. The van der Waals surface area contributed by atoms with Crippen LogP contribution in [0, 0.1) is 0 Å². The molecule has 15 heavy (non-hydrogen) atoms. The number of nitrogens with zero attached hydrogens (tertiary/aromatic N) is 1. The van der Waals surface area contributed by atoms with Crippen LogP contribution in [0.15, 0.2) is 12.2 Å². The minimum absolute atomic E-state index is 0.384. The molecule has 0 saturated heterocycles. The van der Waals surface area contributed by atoms with Crippen LogP contribution in [0.2, 0.25) is 0 Å². The second-order valence-corrected chi connectivity index (χ2v) is 4.04. The van der Waals surface area contributed by atoms with E-state index >= 15 is 0 Å². The molecule has 0 unspecified atom stereocenters. The third kappa shape index (κ3) is 1.50. The quantitative estimate of drug-likeness (QED) is 0.626. The summed E-state index contributed by atoms with van der Waals surface area (Å²) in [5, 5.41) is 0. The van der Waals surface area contributed by atoms with Crippen molar-refractivity contribution in [2.75, 3.05) is 0 Å². The summed E-state index contributed by atoms with van der Waals surface area (Å²) in [5.74, 6) is -0.768. The van der Waals surface area contributed by atoms with Crippen LogP contribution in [0.4, 0.5) is 0 Å². The number of imide groups is 1. The Kier molecular flexibility index (Phi) is 2.42. The molecule has 1 aliphatic heterocycles. The summed E-state index contributed by atoms with van der Waals surface area (Å²) in [5.41, 5.74) is -0.990. The van der Waals surface area contributed by atoms with Crippen LogP contribution in [0.5, 0.6) is 0 Å². The van der Waals surface area contributed by atoms with Crippen molar-refractivity contribution in [2.24, 2.45) is 0 Å². The molecular weight excluding hydrogens is 194 g/mol. The largest absolute Gasteiger partial charge is 0.288 e. The maximum atomic E-state index is 11.5. The number of rotatable bonds is 2. The summed E-state index contributed by atoms with van der Waals surface area (Å²) >= 11 is 0. The van der Waals surface area contributed by atoms with Gasteiger partial charge in [-0.3, -0.25) is 19.3 Å². The molecule has 1 heterocycles. The molecule has 2 rings (SSSR count). The summed E-state index contributed by atoms with van der Waals surface area (Å²) in [6, 6.07) is 0. The first-order valence-electron chi connectivity index (χ1n) is 5.15. The van der Waals surface area contributed by atoms with E-state index in [0.717, 1.165) is 24.2 Å². The lowest BCUT2D eigenvalue weighted by Gasteiger charge is -2.37. The van der Waals surface area contributed by atoms with Gasteiger partial charge in [-0.1, -0.05) is 19.3 Å². The molecule has 2 aliphatic rings. The molecule has 1 radical (unpaired) electrons. The average molecular weight is 206 g/mol. The van der Waals surface area contributed by atoms with Crippen molar-refractivity contribution >= 4 is 18.1 Å². The van der Waals surface area contributed by atoms with Crippen LogP contribution >= 0.6 is 0 Å². The number of carbonyl (C=O) groups excluding carboxylic acids is 3. The van der Waals surface area contributed by atoms with Gasteiger partial charge in [-0.15, -0.1) is 0 Å². The second-order valence-electron chi connectivity index (χ2n) is 4.04. The Morgan fingerprint density at radius 1 is 1.07 bits per heavy atom. The van der Waals surface area contributed by atoms with Crippen LogP contribution in [-0.4, -0.2) is 28.5 Å².